The highest BCUT2D eigenvalue weighted by Gasteiger charge is 2.25. The van der Waals surface area contributed by atoms with Gasteiger partial charge < -0.3 is 11.1 Å². The standard InChI is InChI=1S/C18H25N3S.C2H6.CH5N/c1-2-12-8-9-14-15(10-12)22-18-16(14)17(19-11-20-18)21-13-6-4-3-5-7-13;2*1-2/h11-13H,2-10H2,1H3,(H,19,20,21);1-2H3;2H2,1H3. The quantitative estimate of drug-likeness (QED) is 0.737. The van der Waals surface area contributed by atoms with Gasteiger partial charge in [-0.05, 0) is 50.6 Å². The first kappa shape index (κ1) is 21.1. The number of hydrogen-bond acceptors (Lipinski definition) is 5. The lowest BCUT2D eigenvalue weighted by atomic mass is 9.86. The summed E-state index contributed by atoms with van der Waals surface area (Å²) in [4.78, 5) is 11.9. The maximum Gasteiger partial charge on any atom is 0.138 e. The van der Waals surface area contributed by atoms with Crippen LogP contribution in [0.25, 0.3) is 10.2 Å². The van der Waals surface area contributed by atoms with E-state index >= 15 is 0 Å². The molecule has 1 fully saturated rings. The fourth-order valence-corrected chi connectivity index (χ4v) is 5.38. The van der Waals surface area contributed by atoms with Crippen LogP contribution in [0.15, 0.2) is 6.33 Å². The van der Waals surface area contributed by atoms with Crippen molar-refractivity contribution in [1.82, 2.24) is 9.97 Å². The molecular weight excluding hydrogens is 340 g/mol. The second kappa shape index (κ2) is 10.8. The average Bonchev–Trinajstić information content (AvgIpc) is 3.10. The molecular formula is C21H36N4S. The second-order valence-corrected chi connectivity index (χ2v) is 7.99. The first-order valence-corrected chi connectivity index (χ1v) is 11.3. The maximum atomic E-state index is 4.60. The Labute approximate surface area is 163 Å². The van der Waals surface area contributed by atoms with Crippen molar-refractivity contribution < 1.29 is 0 Å². The van der Waals surface area contributed by atoms with Gasteiger partial charge in [0.05, 0.1) is 5.39 Å². The highest BCUT2D eigenvalue weighted by molar-refractivity contribution is 7.19. The van der Waals surface area contributed by atoms with E-state index in [0.29, 0.717) is 6.04 Å². The molecule has 4 rings (SSSR count). The Balaban J connectivity index is 0.000000570. The van der Waals surface area contributed by atoms with E-state index in [1.807, 2.05) is 25.2 Å². The number of nitrogens with zero attached hydrogens (tertiary/aromatic N) is 2. The topological polar surface area (TPSA) is 63.8 Å². The first-order valence-electron chi connectivity index (χ1n) is 10.4. The van der Waals surface area contributed by atoms with Gasteiger partial charge in [0.1, 0.15) is 17.0 Å². The fourth-order valence-electron chi connectivity index (χ4n) is 4.08. The third-order valence-electron chi connectivity index (χ3n) is 5.47. The molecule has 1 atom stereocenters. The van der Waals surface area contributed by atoms with Crippen LogP contribution in [0.3, 0.4) is 0 Å². The van der Waals surface area contributed by atoms with Crippen molar-refractivity contribution in [3.8, 4) is 0 Å². The Hall–Kier alpha value is -1.20. The number of thiophene rings is 1. The van der Waals surface area contributed by atoms with Crippen molar-refractivity contribution in [2.24, 2.45) is 11.7 Å². The second-order valence-electron chi connectivity index (χ2n) is 6.90. The molecule has 3 N–H and O–H groups in total. The molecule has 2 heterocycles. The summed E-state index contributed by atoms with van der Waals surface area (Å²) in [6, 6.07) is 0.606. The lowest BCUT2D eigenvalue weighted by Gasteiger charge is -2.24. The van der Waals surface area contributed by atoms with Crippen molar-refractivity contribution in [2.45, 2.75) is 84.6 Å². The molecule has 5 heteroatoms. The van der Waals surface area contributed by atoms with Gasteiger partial charge in [-0.25, -0.2) is 9.97 Å². The minimum absolute atomic E-state index is 0.606. The molecule has 4 nitrogen and oxygen atoms in total. The first-order chi connectivity index (χ1) is 12.8. The van der Waals surface area contributed by atoms with E-state index in [4.69, 9.17) is 0 Å². The Bertz CT molecular complexity index is 661. The number of nitrogens with two attached hydrogens (primary N) is 1. The number of fused-ring (bicyclic) bond motifs is 3. The normalized spacial score (nSPS) is 19.7. The molecule has 146 valence electrons. The molecule has 2 aromatic heterocycles. The van der Waals surface area contributed by atoms with Gasteiger partial charge in [0.2, 0.25) is 0 Å². The van der Waals surface area contributed by atoms with E-state index in [2.05, 4.69) is 27.9 Å². The summed E-state index contributed by atoms with van der Waals surface area (Å²) in [5.41, 5.74) is 6.05. The number of hydrogen-bond donors (Lipinski definition) is 2. The summed E-state index contributed by atoms with van der Waals surface area (Å²) in [7, 11) is 1.50. The van der Waals surface area contributed by atoms with Gasteiger partial charge in [-0.15, -0.1) is 11.3 Å². The average molecular weight is 377 g/mol. The van der Waals surface area contributed by atoms with Crippen LogP contribution in [0.2, 0.25) is 0 Å². The van der Waals surface area contributed by atoms with Crippen LogP contribution in [0, 0.1) is 5.92 Å². The van der Waals surface area contributed by atoms with E-state index in [9.17, 15) is 0 Å². The molecule has 2 aliphatic carbocycles. The third kappa shape index (κ3) is 4.74. The summed E-state index contributed by atoms with van der Waals surface area (Å²) in [5, 5.41) is 5.08. The summed E-state index contributed by atoms with van der Waals surface area (Å²) in [5.74, 6) is 1.97. The van der Waals surface area contributed by atoms with Gasteiger partial charge in [0.15, 0.2) is 0 Å². The number of aryl methyl sites for hydroxylation is 1. The van der Waals surface area contributed by atoms with Crippen molar-refractivity contribution in [3.05, 3.63) is 16.8 Å². The largest absolute Gasteiger partial charge is 0.367 e. The van der Waals surface area contributed by atoms with Crippen LogP contribution in [0.5, 0.6) is 0 Å². The molecule has 0 saturated heterocycles. The highest BCUT2D eigenvalue weighted by Crippen LogP contribution is 2.40. The van der Waals surface area contributed by atoms with E-state index < -0.39 is 0 Å². The maximum absolute atomic E-state index is 4.60. The van der Waals surface area contributed by atoms with Crippen LogP contribution in [0.1, 0.15) is 76.2 Å². The lowest BCUT2D eigenvalue weighted by molar-refractivity contribution is 0.451. The van der Waals surface area contributed by atoms with Gasteiger partial charge >= 0.3 is 0 Å². The smallest absolute Gasteiger partial charge is 0.138 e. The predicted molar refractivity (Wildman–Crippen MR) is 115 cm³/mol. The van der Waals surface area contributed by atoms with Gasteiger partial charge in [-0.1, -0.05) is 46.5 Å². The van der Waals surface area contributed by atoms with Crippen LogP contribution < -0.4 is 11.1 Å². The molecule has 1 unspecified atom stereocenters. The van der Waals surface area contributed by atoms with Crippen LogP contribution in [0.4, 0.5) is 5.82 Å². The van der Waals surface area contributed by atoms with Crippen molar-refractivity contribution in [2.75, 3.05) is 12.4 Å². The summed E-state index contributed by atoms with van der Waals surface area (Å²) in [6.07, 6.45) is 13.5. The molecule has 2 aromatic rings. The molecule has 0 radical (unpaired) electrons. The highest BCUT2D eigenvalue weighted by atomic mass is 32.1. The van der Waals surface area contributed by atoms with Crippen LogP contribution in [-0.4, -0.2) is 23.1 Å². The summed E-state index contributed by atoms with van der Waals surface area (Å²) >= 11 is 1.90. The van der Waals surface area contributed by atoms with Gasteiger partial charge in [-0.2, -0.15) is 0 Å². The predicted octanol–water partition coefficient (Wildman–Crippen LogP) is 5.55. The Morgan fingerprint density at radius 2 is 1.85 bits per heavy atom. The molecule has 26 heavy (non-hydrogen) atoms. The Morgan fingerprint density at radius 1 is 1.12 bits per heavy atom. The third-order valence-corrected chi connectivity index (χ3v) is 6.63. The van der Waals surface area contributed by atoms with Gasteiger partial charge in [0.25, 0.3) is 0 Å². The minimum atomic E-state index is 0.606. The zero-order chi connectivity index (χ0) is 18.9. The summed E-state index contributed by atoms with van der Waals surface area (Å²) in [6.45, 7) is 6.32. The molecule has 0 amide bonds. The zero-order valence-corrected chi connectivity index (χ0v) is 17.8. The SMILES string of the molecule is CC.CCC1CCc2c(sc3ncnc(NC4CCCCC4)c23)C1.CN. The van der Waals surface area contributed by atoms with Crippen molar-refractivity contribution in [3.63, 3.8) is 0 Å². The minimum Gasteiger partial charge on any atom is -0.367 e. The van der Waals surface area contributed by atoms with Gasteiger partial charge in [0, 0.05) is 10.9 Å². The Kier molecular flexibility index (Phi) is 8.79. The van der Waals surface area contributed by atoms with Crippen molar-refractivity contribution >= 4 is 27.4 Å². The van der Waals surface area contributed by atoms with Crippen LogP contribution >= 0.6 is 11.3 Å². The molecule has 0 bridgehead atoms. The Morgan fingerprint density at radius 3 is 2.54 bits per heavy atom. The number of anilines is 1. The molecule has 2 aliphatic rings. The van der Waals surface area contributed by atoms with Crippen LogP contribution in [-0.2, 0) is 12.8 Å². The van der Waals surface area contributed by atoms with E-state index in [0.717, 1.165) is 11.7 Å². The lowest BCUT2D eigenvalue weighted by Crippen LogP contribution is -2.23. The zero-order valence-electron chi connectivity index (χ0n) is 17.0. The fraction of sp³-hybridized carbons (Fsp3) is 0.714. The molecule has 0 spiro atoms. The van der Waals surface area contributed by atoms with Gasteiger partial charge in [-0.3, -0.25) is 0 Å². The van der Waals surface area contributed by atoms with Crippen molar-refractivity contribution in [1.29, 1.82) is 0 Å². The molecule has 0 aliphatic heterocycles. The monoisotopic (exact) mass is 376 g/mol. The van der Waals surface area contributed by atoms with E-state index in [1.165, 1.54) is 75.1 Å². The number of rotatable bonds is 3. The van der Waals surface area contributed by atoms with E-state index in [1.54, 1.807) is 16.8 Å². The van der Waals surface area contributed by atoms with E-state index in [-0.39, 0.29) is 0 Å². The number of aromatic nitrogens is 2. The molecule has 0 aromatic carbocycles. The summed E-state index contributed by atoms with van der Waals surface area (Å²) < 4.78 is 0. The number of nitrogens with one attached hydrogen (secondary N) is 1. The molecule has 1 saturated carbocycles.